The summed E-state index contributed by atoms with van der Waals surface area (Å²) in [6.45, 7) is 7.71. The molecule has 1 saturated heterocycles. The number of aryl methyl sites for hydroxylation is 1. The maximum Gasteiger partial charge on any atom is 0.193 e. The van der Waals surface area contributed by atoms with Crippen LogP contribution in [0.15, 0.2) is 47.8 Å². The molecule has 178 valence electrons. The highest BCUT2D eigenvalue weighted by atomic mass is 127. The molecule has 10 heteroatoms. The van der Waals surface area contributed by atoms with E-state index in [4.69, 9.17) is 9.73 Å². The maximum atomic E-state index is 5.96. The number of nitrogens with zero attached hydrogens (tertiary/aromatic N) is 6. The lowest BCUT2D eigenvalue weighted by atomic mass is 10.1. The molecule has 1 aromatic carbocycles. The Hall–Kier alpha value is -2.47. The van der Waals surface area contributed by atoms with Gasteiger partial charge in [-0.3, -0.25) is 9.67 Å². The molecule has 2 N–H and O–H groups in total. The summed E-state index contributed by atoms with van der Waals surface area (Å²) in [5.41, 5.74) is 2.04. The summed E-state index contributed by atoms with van der Waals surface area (Å²) in [6.07, 6.45) is 4.47. The quantitative estimate of drug-likeness (QED) is 0.179. The molecule has 33 heavy (non-hydrogen) atoms. The number of rotatable bonds is 9. The van der Waals surface area contributed by atoms with Crippen LogP contribution in [0.5, 0.6) is 0 Å². The first-order valence-electron chi connectivity index (χ1n) is 11.3. The first kappa shape index (κ1) is 25.2. The molecule has 3 heterocycles. The average molecular weight is 564 g/mol. The molecule has 2 aromatic heterocycles. The first-order valence-corrected chi connectivity index (χ1v) is 11.3. The lowest BCUT2D eigenvalue weighted by Gasteiger charge is -2.21. The molecule has 3 aromatic rings. The van der Waals surface area contributed by atoms with Gasteiger partial charge in [-0.1, -0.05) is 30.3 Å². The second-order valence-electron chi connectivity index (χ2n) is 7.99. The molecule has 9 nitrogen and oxygen atoms in total. The zero-order valence-corrected chi connectivity index (χ0v) is 21.6. The summed E-state index contributed by atoms with van der Waals surface area (Å²) in [5.74, 6) is 2.29. The number of hydrogen-bond acceptors (Lipinski definition) is 6. The molecule has 1 atom stereocenters. The molecular formula is C23H33IN8O. The molecule has 0 saturated carbocycles. The Balaban J connectivity index is 0.00000306. The summed E-state index contributed by atoms with van der Waals surface area (Å²) in [4.78, 5) is 15.8. The van der Waals surface area contributed by atoms with E-state index in [1.165, 1.54) is 5.56 Å². The van der Waals surface area contributed by atoms with E-state index in [2.05, 4.69) is 49.7 Å². The van der Waals surface area contributed by atoms with Crippen molar-refractivity contribution in [1.82, 2.24) is 30.0 Å². The topological polar surface area (TPSA) is 92.5 Å². The van der Waals surface area contributed by atoms with Crippen molar-refractivity contribution in [2.45, 2.75) is 20.0 Å². The molecule has 4 rings (SSSR count). The van der Waals surface area contributed by atoms with Crippen LogP contribution in [0.3, 0.4) is 0 Å². The van der Waals surface area contributed by atoms with Gasteiger partial charge in [0.1, 0.15) is 12.1 Å². The average Bonchev–Trinajstić information content (AvgIpc) is 3.44. The SMILES string of the molecule is CCNC(=NCCNc1ncnc2c1cnn2C)N1CCC(COCc2ccccc2)C1.I. The van der Waals surface area contributed by atoms with Gasteiger partial charge in [-0.25, -0.2) is 9.97 Å². The molecule has 1 aliphatic heterocycles. The number of anilines is 1. The number of hydrogen-bond donors (Lipinski definition) is 2. The van der Waals surface area contributed by atoms with Crippen LogP contribution >= 0.6 is 24.0 Å². The standard InChI is InChI=1S/C23H32N8O.HI/c1-3-24-23(26-11-10-25-21-20-13-29-30(2)22(20)28-17-27-21)31-12-9-19(14-31)16-32-15-18-7-5-4-6-8-18;/h4-8,13,17,19H,3,9-12,14-16H2,1-2H3,(H,24,26)(H,25,27,28);1H. The number of guanidine groups is 1. The highest BCUT2D eigenvalue weighted by Gasteiger charge is 2.25. The molecule has 0 radical (unpaired) electrons. The predicted octanol–water partition coefficient (Wildman–Crippen LogP) is 2.90. The maximum absolute atomic E-state index is 5.96. The smallest absolute Gasteiger partial charge is 0.193 e. The molecule has 1 aliphatic rings. The van der Waals surface area contributed by atoms with Crippen molar-refractivity contribution >= 4 is 46.8 Å². The lowest BCUT2D eigenvalue weighted by Crippen LogP contribution is -2.40. The van der Waals surface area contributed by atoms with Crippen LogP contribution in [-0.4, -0.2) is 69.9 Å². The molecule has 0 bridgehead atoms. The number of fused-ring (bicyclic) bond motifs is 1. The van der Waals surface area contributed by atoms with Gasteiger partial charge in [0.05, 0.1) is 31.3 Å². The van der Waals surface area contributed by atoms with Crippen LogP contribution in [0.2, 0.25) is 0 Å². The largest absolute Gasteiger partial charge is 0.376 e. The number of aromatic nitrogens is 4. The number of nitrogens with one attached hydrogen (secondary N) is 2. The van der Waals surface area contributed by atoms with Crippen LogP contribution < -0.4 is 10.6 Å². The highest BCUT2D eigenvalue weighted by Crippen LogP contribution is 2.18. The van der Waals surface area contributed by atoms with Gasteiger partial charge >= 0.3 is 0 Å². The van der Waals surface area contributed by atoms with E-state index in [1.807, 2.05) is 25.2 Å². The van der Waals surface area contributed by atoms with E-state index < -0.39 is 0 Å². The van der Waals surface area contributed by atoms with Crippen molar-refractivity contribution in [1.29, 1.82) is 0 Å². The fourth-order valence-electron chi connectivity index (χ4n) is 3.94. The summed E-state index contributed by atoms with van der Waals surface area (Å²) in [5, 5.41) is 12.0. The van der Waals surface area contributed by atoms with Gasteiger partial charge < -0.3 is 20.3 Å². The van der Waals surface area contributed by atoms with Crippen LogP contribution in [0, 0.1) is 5.92 Å². The zero-order chi connectivity index (χ0) is 22.2. The van der Waals surface area contributed by atoms with E-state index in [0.29, 0.717) is 25.6 Å². The Morgan fingerprint density at radius 1 is 1.24 bits per heavy atom. The molecule has 0 spiro atoms. The Morgan fingerprint density at radius 3 is 2.91 bits per heavy atom. The molecule has 0 amide bonds. The van der Waals surface area contributed by atoms with Crippen molar-refractivity contribution in [2.75, 3.05) is 44.6 Å². The lowest BCUT2D eigenvalue weighted by molar-refractivity contribution is 0.0907. The van der Waals surface area contributed by atoms with E-state index in [1.54, 1.807) is 17.2 Å². The van der Waals surface area contributed by atoms with Crippen molar-refractivity contribution in [3.8, 4) is 0 Å². The first-order chi connectivity index (χ1) is 15.7. The van der Waals surface area contributed by atoms with Gasteiger partial charge in [0.25, 0.3) is 0 Å². The number of halogens is 1. The van der Waals surface area contributed by atoms with Gasteiger partial charge in [-0.05, 0) is 18.9 Å². The van der Waals surface area contributed by atoms with E-state index >= 15 is 0 Å². The van der Waals surface area contributed by atoms with E-state index in [-0.39, 0.29) is 24.0 Å². The summed E-state index contributed by atoms with van der Waals surface area (Å²) in [6, 6.07) is 10.3. The Bertz CT molecular complexity index is 1030. The molecular weight excluding hydrogens is 531 g/mol. The van der Waals surface area contributed by atoms with Gasteiger partial charge in [0, 0.05) is 39.1 Å². The fraction of sp³-hybridized carbons (Fsp3) is 0.478. The van der Waals surface area contributed by atoms with Gasteiger partial charge in [0.2, 0.25) is 0 Å². The van der Waals surface area contributed by atoms with Crippen molar-refractivity contribution in [3.63, 3.8) is 0 Å². The number of ether oxygens (including phenoxy) is 1. The molecule has 1 fully saturated rings. The van der Waals surface area contributed by atoms with Crippen molar-refractivity contribution < 1.29 is 4.74 Å². The Kier molecular flexibility index (Phi) is 9.67. The third-order valence-corrected chi connectivity index (χ3v) is 5.58. The summed E-state index contributed by atoms with van der Waals surface area (Å²) in [7, 11) is 1.88. The molecule has 0 aliphatic carbocycles. The van der Waals surface area contributed by atoms with Crippen molar-refractivity contribution in [2.24, 2.45) is 18.0 Å². The minimum Gasteiger partial charge on any atom is -0.376 e. The van der Waals surface area contributed by atoms with E-state index in [0.717, 1.165) is 55.5 Å². The second-order valence-corrected chi connectivity index (χ2v) is 7.99. The van der Waals surface area contributed by atoms with Gasteiger partial charge in [-0.2, -0.15) is 5.10 Å². The summed E-state index contributed by atoms with van der Waals surface area (Å²) >= 11 is 0. The number of likely N-dealkylation sites (tertiary alicyclic amines) is 1. The zero-order valence-electron chi connectivity index (χ0n) is 19.3. The fourth-order valence-corrected chi connectivity index (χ4v) is 3.94. The van der Waals surface area contributed by atoms with Gasteiger partial charge in [0.15, 0.2) is 11.6 Å². The normalized spacial score (nSPS) is 16.1. The number of aliphatic imine (C=N–C) groups is 1. The highest BCUT2D eigenvalue weighted by molar-refractivity contribution is 14.0. The summed E-state index contributed by atoms with van der Waals surface area (Å²) < 4.78 is 7.71. The second kappa shape index (κ2) is 12.7. The third kappa shape index (κ3) is 6.76. The minimum absolute atomic E-state index is 0. The van der Waals surface area contributed by atoms with Crippen LogP contribution in [0.25, 0.3) is 11.0 Å². The van der Waals surface area contributed by atoms with Crippen LogP contribution in [0.1, 0.15) is 18.9 Å². The van der Waals surface area contributed by atoms with Crippen LogP contribution in [-0.2, 0) is 18.4 Å². The van der Waals surface area contributed by atoms with Crippen LogP contribution in [0.4, 0.5) is 5.82 Å². The number of benzene rings is 1. The Labute approximate surface area is 212 Å². The Morgan fingerprint density at radius 2 is 2.09 bits per heavy atom. The third-order valence-electron chi connectivity index (χ3n) is 5.58. The minimum atomic E-state index is 0. The van der Waals surface area contributed by atoms with E-state index in [9.17, 15) is 0 Å². The monoisotopic (exact) mass is 564 g/mol. The van der Waals surface area contributed by atoms with Crippen molar-refractivity contribution in [3.05, 3.63) is 48.4 Å². The predicted molar refractivity (Wildman–Crippen MR) is 142 cm³/mol. The van der Waals surface area contributed by atoms with Gasteiger partial charge in [-0.15, -0.1) is 24.0 Å². The molecule has 1 unspecified atom stereocenters.